The fourth-order valence-electron chi connectivity index (χ4n) is 2.77. The fraction of sp³-hybridized carbons (Fsp3) is 0.353. The van der Waals surface area contributed by atoms with E-state index in [0.717, 1.165) is 19.6 Å². The minimum atomic E-state index is 0.168. The van der Waals surface area contributed by atoms with Crippen LogP contribution in [0.2, 0.25) is 0 Å². The number of aromatic nitrogens is 1. The van der Waals surface area contributed by atoms with Crippen LogP contribution in [0.5, 0.6) is 0 Å². The smallest absolute Gasteiger partial charge is 0.0956 e. The summed E-state index contributed by atoms with van der Waals surface area (Å²) in [6.45, 7) is 5.02. The minimum absolute atomic E-state index is 0.168. The lowest BCUT2D eigenvalue weighted by molar-refractivity contribution is -0.0814. The molecule has 0 radical (unpaired) electrons. The molecule has 1 fully saturated rings. The third-order valence-electron chi connectivity index (χ3n) is 3.66. The van der Waals surface area contributed by atoms with Gasteiger partial charge in [0.15, 0.2) is 0 Å². The SMILES string of the molecule is CC1CN(Cc2ccncc2)CC(c2ccccc2)O1. The summed E-state index contributed by atoms with van der Waals surface area (Å²) < 4.78 is 6.09. The van der Waals surface area contributed by atoms with E-state index in [1.165, 1.54) is 11.1 Å². The molecule has 0 saturated carbocycles. The molecule has 20 heavy (non-hydrogen) atoms. The van der Waals surface area contributed by atoms with Gasteiger partial charge in [-0.1, -0.05) is 30.3 Å². The first-order valence-electron chi connectivity index (χ1n) is 7.13. The Bertz CT molecular complexity index is 529. The molecule has 1 aromatic heterocycles. The van der Waals surface area contributed by atoms with Crippen molar-refractivity contribution in [2.24, 2.45) is 0 Å². The van der Waals surface area contributed by atoms with Gasteiger partial charge in [-0.3, -0.25) is 9.88 Å². The molecule has 3 rings (SSSR count). The second-order valence-electron chi connectivity index (χ2n) is 5.40. The molecule has 0 amide bonds. The molecular formula is C17H20N2O. The monoisotopic (exact) mass is 268 g/mol. The standard InChI is InChI=1S/C17H20N2O/c1-14-11-19(12-15-7-9-18-10-8-15)13-17(20-14)16-5-3-2-4-6-16/h2-10,14,17H,11-13H2,1H3. The highest BCUT2D eigenvalue weighted by atomic mass is 16.5. The van der Waals surface area contributed by atoms with Gasteiger partial charge in [-0.2, -0.15) is 0 Å². The Balaban J connectivity index is 1.70. The molecule has 2 unspecified atom stereocenters. The van der Waals surface area contributed by atoms with Gasteiger partial charge in [0.1, 0.15) is 0 Å². The summed E-state index contributed by atoms with van der Waals surface area (Å²) in [6, 6.07) is 14.6. The third-order valence-corrected chi connectivity index (χ3v) is 3.66. The maximum Gasteiger partial charge on any atom is 0.0956 e. The first-order valence-corrected chi connectivity index (χ1v) is 7.13. The van der Waals surface area contributed by atoms with Gasteiger partial charge in [0.2, 0.25) is 0 Å². The van der Waals surface area contributed by atoms with E-state index in [1.54, 1.807) is 0 Å². The van der Waals surface area contributed by atoms with Crippen LogP contribution in [0, 0.1) is 0 Å². The quantitative estimate of drug-likeness (QED) is 0.855. The topological polar surface area (TPSA) is 25.4 Å². The van der Waals surface area contributed by atoms with E-state index in [0.29, 0.717) is 0 Å². The van der Waals surface area contributed by atoms with Gasteiger partial charge in [-0.15, -0.1) is 0 Å². The van der Waals surface area contributed by atoms with E-state index < -0.39 is 0 Å². The molecule has 104 valence electrons. The molecule has 3 nitrogen and oxygen atoms in total. The highest BCUT2D eigenvalue weighted by Crippen LogP contribution is 2.25. The van der Waals surface area contributed by atoms with Crippen molar-refractivity contribution in [1.29, 1.82) is 0 Å². The Morgan fingerprint density at radius 2 is 1.85 bits per heavy atom. The molecule has 0 spiro atoms. The molecule has 0 N–H and O–H groups in total. The molecule has 1 saturated heterocycles. The third kappa shape index (κ3) is 3.24. The largest absolute Gasteiger partial charge is 0.368 e. The summed E-state index contributed by atoms with van der Waals surface area (Å²) >= 11 is 0. The molecule has 2 heterocycles. The van der Waals surface area contributed by atoms with Crippen LogP contribution in [-0.2, 0) is 11.3 Å². The maximum absolute atomic E-state index is 6.09. The van der Waals surface area contributed by atoms with Crippen molar-refractivity contribution in [2.75, 3.05) is 13.1 Å². The zero-order valence-electron chi connectivity index (χ0n) is 11.8. The average Bonchev–Trinajstić information content (AvgIpc) is 2.49. The van der Waals surface area contributed by atoms with Crippen LogP contribution in [0.25, 0.3) is 0 Å². The number of pyridine rings is 1. The van der Waals surface area contributed by atoms with Gasteiger partial charge < -0.3 is 4.74 Å². The summed E-state index contributed by atoms with van der Waals surface area (Å²) in [5, 5.41) is 0. The molecule has 2 atom stereocenters. The zero-order chi connectivity index (χ0) is 13.8. The summed E-state index contributed by atoms with van der Waals surface area (Å²) in [5.74, 6) is 0. The lowest BCUT2D eigenvalue weighted by atomic mass is 10.1. The zero-order valence-corrected chi connectivity index (χ0v) is 11.8. The number of rotatable bonds is 3. The molecule has 1 aliphatic rings. The van der Waals surface area contributed by atoms with Crippen LogP contribution in [-0.4, -0.2) is 29.1 Å². The van der Waals surface area contributed by atoms with Gasteiger partial charge in [0.25, 0.3) is 0 Å². The van der Waals surface area contributed by atoms with E-state index >= 15 is 0 Å². The lowest BCUT2D eigenvalue weighted by Gasteiger charge is -2.37. The number of morpholine rings is 1. The summed E-state index contributed by atoms with van der Waals surface area (Å²) in [4.78, 5) is 6.53. The molecule has 0 aliphatic carbocycles. The van der Waals surface area contributed by atoms with Crippen molar-refractivity contribution in [3.8, 4) is 0 Å². The number of nitrogens with zero attached hydrogens (tertiary/aromatic N) is 2. The Hall–Kier alpha value is -1.71. The van der Waals surface area contributed by atoms with Crippen LogP contribution in [0.15, 0.2) is 54.9 Å². The van der Waals surface area contributed by atoms with Crippen molar-refractivity contribution in [3.63, 3.8) is 0 Å². The van der Waals surface area contributed by atoms with Crippen LogP contribution in [0.4, 0.5) is 0 Å². The Morgan fingerprint density at radius 3 is 2.60 bits per heavy atom. The van der Waals surface area contributed by atoms with Crippen molar-refractivity contribution in [1.82, 2.24) is 9.88 Å². The van der Waals surface area contributed by atoms with Crippen LogP contribution in [0.1, 0.15) is 24.2 Å². The second kappa shape index (κ2) is 6.16. The van der Waals surface area contributed by atoms with Crippen molar-refractivity contribution >= 4 is 0 Å². The minimum Gasteiger partial charge on any atom is -0.368 e. The van der Waals surface area contributed by atoms with Crippen LogP contribution in [0.3, 0.4) is 0 Å². The first-order chi connectivity index (χ1) is 9.81. The van der Waals surface area contributed by atoms with Crippen LogP contribution < -0.4 is 0 Å². The Labute approximate surface area is 120 Å². The van der Waals surface area contributed by atoms with Crippen LogP contribution >= 0.6 is 0 Å². The van der Waals surface area contributed by atoms with Crippen molar-refractivity contribution in [2.45, 2.75) is 25.7 Å². The van der Waals surface area contributed by atoms with Gasteiger partial charge in [0, 0.05) is 32.0 Å². The first kappa shape index (κ1) is 13.3. The maximum atomic E-state index is 6.09. The normalized spacial score (nSPS) is 23.6. The van der Waals surface area contributed by atoms with E-state index in [-0.39, 0.29) is 12.2 Å². The summed E-state index contributed by atoms with van der Waals surface area (Å²) in [6.07, 6.45) is 4.14. The van der Waals surface area contributed by atoms with Gasteiger partial charge in [-0.25, -0.2) is 0 Å². The highest BCUT2D eigenvalue weighted by molar-refractivity contribution is 5.19. The van der Waals surface area contributed by atoms with Gasteiger partial charge >= 0.3 is 0 Å². The van der Waals surface area contributed by atoms with E-state index in [1.807, 2.05) is 18.5 Å². The fourth-order valence-corrected chi connectivity index (χ4v) is 2.77. The molecule has 2 aromatic rings. The lowest BCUT2D eigenvalue weighted by Crippen LogP contribution is -2.42. The Morgan fingerprint density at radius 1 is 1.10 bits per heavy atom. The average molecular weight is 268 g/mol. The molecule has 1 aromatic carbocycles. The number of ether oxygens (including phenoxy) is 1. The number of hydrogen-bond acceptors (Lipinski definition) is 3. The molecule has 0 bridgehead atoms. The number of benzene rings is 1. The summed E-state index contributed by atoms with van der Waals surface area (Å²) in [5.41, 5.74) is 2.57. The predicted octanol–water partition coefficient (Wildman–Crippen LogP) is 3.04. The Kier molecular flexibility index (Phi) is 4.09. The number of hydrogen-bond donors (Lipinski definition) is 0. The molecule has 3 heteroatoms. The molecular weight excluding hydrogens is 248 g/mol. The van der Waals surface area contributed by atoms with E-state index in [2.05, 4.69) is 53.2 Å². The van der Waals surface area contributed by atoms with Gasteiger partial charge in [0.05, 0.1) is 12.2 Å². The predicted molar refractivity (Wildman–Crippen MR) is 79.2 cm³/mol. The van der Waals surface area contributed by atoms with E-state index in [9.17, 15) is 0 Å². The molecule has 1 aliphatic heterocycles. The van der Waals surface area contributed by atoms with Crippen molar-refractivity contribution < 1.29 is 4.74 Å². The van der Waals surface area contributed by atoms with Gasteiger partial charge in [-0.05, 0) is 30.2 Å². The van der Waals surface area contributed by atoms with Crippen molar-refractivity contribution in [3.05, 3.63) is 66.0 Å². The second-order valence-corrected chi connectivity index (χ2v) is 5.40. The van der Waals surface area contributed by atoms with E-state index in [4.69, 9.17) is 4.74 Å². The highest BCUT2D eigenvalue weighted by Gasteiger charge is 2.26. The summed E-state index contributed by atoms with van der Waals surface area (Å²) in [7, 11) is 0.